The third kappa shape index (κ3) is 7.78. The predicted octanol–water partition coefficient (Wildman–Crippen LogP) is 0.555. The molecule has 2 atom stereocenters. The fourth-order valence-electron chi connectivity index (χ4n) is 5.05. The van der Waals surface area contributed by atoms with Crippen LogP contribution in [0.1, 0.15) is 36.6 Å². The topological polar surface area (TPSA) is 292 Å². The number of oxime groups is 1. The number of carboxylic acid groups (broad SMARTS) is 1. The van der Waals surface area contributed by atoms with E-state index in [4.69, 9.17) is 10.6 Å². The lowest BCUT2D eigenvalue weighted by atomic mass is 10.0. The van der Waals surface area contributed by atoms with Gasteiger partial charge in [0.15, 0.2) is 28.2 Å². The normalized spacial score (nSPS) is 17.4. The second kappa shape index (κ2) is 15.3. The van der Waals surface area contributed by atoms with Crippen LogP contribution in [0.5, 0.6) is 11.5 Å². The predicted molar refractivity (Wildman–Crippen MR) is 196 cm³/mol. The highest BCUT2D eigenvalue weighted by molar-refractivity contribution is 8.01. The van der Waals surface area contributed by atoms with Crippen molar-refractivity contribution >= 4 is 81.4 Å². The molecule has 5 heterocycles. The number of amides is 3. The molecule has 4 aromatic rings. The second-order valence-corrected chi connectivity index (χ2v) is 15.1. The number of β-lactam (4-membered cyclic amide) rings is 1. The minimum absolute atomic E-state index is 0.000623. The summed E-state index contributed by atoms with van der Waals surface area (Å²) >= 11 is 3.54. The maximum atomic E-state index is 13.6. The van der Waals surface area contributed by atoms with E-state index in [9.17, 15) is 39.6 Å². The van der Waals surface area contributed by atoms with Gasteiger partial charge in [-0.05, 0) is 56.2 Å². The number of nitrogens with two attached hydrogens (primary N) is 1. The number of hydrogen-bond donors (Lipinski definition) is 7. The molecule has 1 saturated heterocycles. The smallest absolute Gasteiger partial charge is 0.352 e. The number of hydrogen-bond acceptors (Lipinski definition) is 18. The number of aliphatic hydroxyl groups excluding tert-OH is 1. The lowest BCUT2D eigenvalue weighted by Gasteiger charge is -2.49. The number of thiazole rings is 1. The number of nitrogens with one attached hydrogen (secondary N) is 2. The zero-order valence-electron chi connectivity index (χ0n) is 28.5. The number of nitrogen functional groups attached to an aromatic ring is 1. The fraction of sp³-hybridized carbons (Fsp3) is 0.290. The Morgan fingerprint density at radius 3 is 2.65 bits per heavy atom. The summed E-state index contributed by atoms with van der Waals surface area (Å²) in [6.45, 7) is 4.10. The second-order valence-electron chi connectivity index (χ2n) is 12.1. The zero-order chi connectivity index (χ0) is 38.9. The van der Waals surface area contributed by atoms with Crippen molar-refractivity contribution in [2.75, 3.05) is 17.2 Å². The largest absolute Gasteiger partial charge is 0.504 e. The molecular weight excluding hydrogens is 767 g/mol. The fourth-order valence-corrected chi connectivity index (χ4v) is 8.14. The van der Waals surface area contributed by atoms with Gasteiger partial charge in [-0.3, -0.25) is 19.3 Å². The van der Waals surface area contributed by atoms with Gasteiger partial charge in [-0.2, -0.15) is 14.6 Å². The van der Waals surface area contributed by atoms with Crippen molar-refractivity contribution in [2.24, 2.45) is 10.3 Å². The highest BCUT2D eigenvalue weighted by Crippen LogP contribution is 2.41. The number of thioether (sulfide) groups is 2. The number of rotatable bonds is 13. The third-order valence-corrected chi connectivity index (χ3v) is 10.9. The Hall–Kier alpha value is -5.78. The summed E-state index contributed by atoms with van der Waals surface area (Å²) < 4.78 is 1.45. The number of aromatic nitrogens is 5. The van der Waals surface area contributed by atoms with Gasteiger partial charge in [-0.15, -0.1) is 40.0 Å². The molecule has 1 fully saturated rings. The van der Waals surface area contributed by atoms with Gasteiger partial charge < -0.3 is 36.3 Å². The van der Waals surface area contributed by atoms with Crippen molar-refractivity contribution in [3.63, 3.8) is 0 Å². The van der Waals surface area contributed by atoms with Gasteiger partial charge in [0.05, 0.1) is 6.21 Å². The van der Waals surface area contributed by atoms with Crippen LogP contribution in [-0.2, 0) is 30.6 Å². The highest BCUT2D eigenvalue weighted by Gasteiger charge is 2.54. The number of carbonyl (C=O) groups is 4. The van der Waals surface area contributed by atoms with Crippen molar-refractivity contribution in [3.8, 4) is 11.5 Å². The molecule has 20 nitrogen and oxygen atoms in total. The van der Waals surface area contributed by atoms with Gasteiger partial charge in [0.25, 0.3) is 23.5 Å². The van der Waals surface area contributed by atoms with Crippen LogP contribution in [0.2, 0.25) is 0 Å². The number of aromatic hydroxyl groups is 2. The van der Waals surface area contributed by atoms with E-state index < -0.39 is 46.4 Å². The van der Waals surface area contributed by atoms with E-state index in [1.165, 1.54) is 71.7 Å². The number of phenols is 2. The minimum Gasteiger partial charge on any atom is -0.504 e. The quantitative estimate of drug-likeness (QED) is 0.0243. The zero-order valence-corrected chi connectivity index (χ0v) is 30.9. The van der Waals surface area contributed by atoms with Crippen LogP contribution in [-0.4, -0.2) is 114 Å². The number of phenolic OH excluding ortho intramolecular Hbond substituents is 2. The van der Waals surface area contributed by atoms with Crippen LogP contribution >= 0.6 is 34.9 Å². The summed E-state index contributed by atoms with van der Waals surface area (Å²) in [4.78, 5) is 71.7. The van der Waals surface area contributed by atoms with Crippen molar-refractivity contribution in [1.29, 1.82) is 0 Å². The number of aliphatic carboxylic acids is 1. The average molecular weight is 798 g/mol. The van der Waals surface area contributed by atoms with E-state index >= 15 is 0 Å². The number of benzene rings is 1. The first-order chi connectivity index (χ1) is 25.7. The molecule has 0 saturated carbocycles. The van der Waals surface area contributed by atoms with Gasteiger partial charge in [0, 0.05) is 22.6 Å². The first kappa shape index (κ1) is 38.0. The number of nitrogens with zero attached hydrogens (tertiary/aromatic N) is 8. The number of carboxylic acids is 1. The van der Waals surface area contributed by atoms with Crippen molar-refractivity contribution < 1.29 is 44.4 Å². The molecular formula is C31H31N11O9S3. The molecule has 3 amide bonds. The molecule has 1 unspecified atom stereocenters. The molecule has 282 valence electrons. The minimum atomic E-state index is -1.70. The summed E-state index contributed by atoms with van der Waals surface area (Å²) in [5.74, 6) is -3.47. The lowest BCUT2D eigenvalue weighted by molar-refractivity contribution is -0.150. The Bertz CT molecular complexity index is 2270. The molecule has 0 spiro atoms. The Kier molecular flexibility index (Phi) is 10.7. The van der Waals surface area contributed by atoms with Crippen molar-refractivity contribution in [2.45, 2.75) is 49.4 Å². The Balaban J connectivity index is 1.15. The summed E-state index contributed by atoms with van der Waals surface area (Å²) in [5.41, 5.74) is 7.26. The first-order valence-corrected chi connectivity index (χ1v) is 18.6. The molecule has 0 bridgehead atoms. The SMILES string of the molecule is Cc1cc(SCC2=C(C(=O)O)N3C(=O)C(NC(=O)C(=NOC(C)(C)C(=O)NN=Cc4ccc(O)c(O)c4)c4csc(N)n4)[C@@H]3SC2)n2nc(CO)nc2n1. The number of anilines is 1. The lowest BCUT2D eigenvalue weighted by Crippen LogP contribution is -2.71. The molecule has 2 aliphatic heterocycles. The Morgan fingerprint density at radius 2 is 1.96 bits per heavy atom. The third-order valence-electron chi connectivity index (χ3n) is 7.79. The van der Waals surface area contributed by atoms with Crippen LogP contribution in [0.3, 0.4) is 0 Å². The number of aliphatic hydroxyl groups is 1. The van der Waals surface area contributed by atoms with E-state index in [0.717, 1.165) is 16.2 Å². The highest BCUT2D eigenvalue weighted by atomic mass is 32.2. The molecule has 6 rings (SSSR count). The van der Waals surface area contributed by atoms with Crippen LogP contribution in [0.4, 0.5) is 5.13 Å². The summed E-state index contributed by atoms with van der Waals surface area (Å²) in [7, 11) is 0. The average Bonchev–Trinajstić information content (AvgIpc) is 3.76. The van der Waals surface area contributed by atoms with E-state index in [-0.39, 0.29) is 57.7 Å². The van der Waals surface area contributed by atoms with Gasteiger partial charge in [0.2, 0.25) is 5.60 Å². The van der Waals surface area contributed by atoms with Crippen LogP contribution in [0.25, 0.3) is 5.78 Å². The summed E-state index contributed by atoms with van der Waals surface area (Å²) in [6, 6.07) is 4.54. The van der Waals surface area contributed by atoms with E-state index in [1.807, 2.05) is 0 Å². The van der Waals surface area contributed by atoms with Crippen LogP contribution in [0, 0.1) is 6.92 Å². The van der Waals surface area contributed by atoms with Gasteiger partial charge in [0.1, 0.15) is 34.4 Å². The van der Waals surface area contributed by atoms with Crippen LogP contribution < -0.4 is 16.5 Å². The van der Waals surface area contributed by atoms with E-state index in [0.29, 0.717) is 21.9 Å². The maximum absolute atomic E-state index is 13.6. The monoisotopic (exact) mass is 797 g/mol. The van der Waals surface area contributed by atoms with Crippen molar-refractivity contribution in [1.82, 2.24) is 40.2 Å². The number of hydrazone groups is 1. The van der Waals surface area contributed by atoms with Crippen molar-refractivity contribution in [3.05, 3.63) is 63.7 Å². The Morgan fingerprint density at radius 1 is 1.19 bits per heavy atom. The van der Waals surface area contributed by atoms with E-state index in [2.05, 4.69) is 41.1 Å². The summed E-state index contributed by atoms with van der Waals surface area (Å²) in [5, 5.41) is 54.7. The number of aryl methyl sites for hydroxylation is 1. The molecule has 23 heteroatoms. The number of fused-ring (bicyclic) bond motifs is 2. The number of carbonyl (C=O) groups excluding carboxylic acids is 3. The van der Waals surface area contributed by atoms with Crippen LogP contribution in [0.15, 0.2) is 56.2 Å². The molecule has 0 aliphatic carbocycles. The molecule has 2 aliphatic rings. The maximum Gasteiger partial charge on any atom is 0.352 e. The standard InChI is InChI=1S/C31H31N11O9S3/c1-13-6-20(42-30(34-13)36-19(9-43)39-42)52-10-15-11-53-26-22(25(47)41(26)23(15)27(48)49)37-24(46)21(16-12-54-29(32)35-16)40-51-31(2,3)28(50)38-33-8-14-4-5-17(44)18(45)7-14/h4-8,12,22,26,43-45H,9-11H2,1-3H3,(H2,32,35)(H,37,46)(H,38,50)(H,48,49)/t22?,26-/m0/s1. The Labute approximate surface area is 317 Å². The molecule has 8 N–H and O–H groups in total. The first-order valence-electron chi connectivity index (χ1n) is 15.7. The molecule has 0 radical (unpaired) electrons. The molecule has 54 heavy (non-hydrogen) atoms. The van der Waals surface area contributed by atoms with E-state index in [1.54, 1.807) is 13.0 Å². The summed E-state index contributed by atoms with van der Waals surface area (Å²) in [6.07, 6.45) is 1.22. The van der Waals surface area contributed by atoms with Gasteiger partial charge >= 0.3 is 5.97 Å². The molecule has 3 aromatic heterocycles. The molecule has 1 aromatic carbocycles. The van der Waals surface area contributed by atoms with Gasteiger partial charge in [-0.1, -0.05) is 5.16 Å². The van der Waals surface area contributed by atoms with Gasteiger partial charge in [-0.25, -0.2) is 20.2 Å².